The van der Waals surface area contributed by atoms with Gasteiger partial charge in [0.05, 0.1) is 19.3 Å². The van der Waals surface area contributed by atoms with Crippen LogP contribution >= 0.6 is 0 Å². The molecule has 0 spiro atoms. The number of hydrogen-bond acceptors (Lipinski definition) is 4. The molecule has 1 fully saturated rings. The summed E-state index contributed by atoms with van der Waals surface area (Å²) in [6.07, 6.45) is 1.58. The van der Waals surface area contributed by atoms with Crippen LogP contribution in [0.4, 0.5) is 0 Å². The second-order valence-corrected chi connectivity index (χ2v) is 5.49. The zero-order valence-corrected chi connectivity index (χ0v) is 11.5. The van der Waals surface area contributed by atoms with Crippen LogP contribution in [0.3, 0.4) is 0 Å². The maximum Gasteiger partial charge on any atom is 0.387 e. The molecule has 1 saturated heterocycles. The maximum atomic E-state index is 5.78. The summed E-state index contributed by atoms with van der Waals surface area (Å²) in [5.74, 6) is 0. The van der Waals surface area contributed by atoms with Gasteiger partial charge in [0.1, 0.15) is 6.10 Å². The van der Waals surface area contributed by atoms with Gasteiger partial charge in [0.15, 0.2) is 0 Å². The van der Waals surface area contributed by atoms with Crippen molar-refractivity contribution in [3.05, 3.63) is 0 Å². The molecular weight excluding hydrogens is 224 g/mol. The number of rotatable bonds is 10. The van der Waals surface area contributed by atoms with Crippen LogP contribution in [-0.2, 0) is 18.3 Å². The van der Waals surface area contributed by atoms with Gasteiger partial charge in [-0.15, -0.1) is 0 Å². The molecule has 4 nitrogen and oxygen atoms in total. The van der Waals surface area contributed by atoms with Gasteiger partial charge in [0.25, 0.3) is 0 Å². The number of ether oxygens (including phenoxy) is 2. The summed E-state index contributed by atoms with van der Waals surface area (Å²) >= 11 is 0. The minimum Gasteiger partial charge on any atom is -0.394 e. The van der Waals surface area contributed by atoms with Crippen molar-refractivity contribution in [3.63, 3.8) is 0 Å². The van der Waals surface area contributed by atoms with Crippen LogP contribution in [0, 0.1) is 0 Å². The third-order valence-corrected chi connectivity index (χ3v) is 4.39. The first-order chi connectivity index (χ1) is 7.80. The highest BCUT2D eigenvalue weighted by Gasteiger charge is 2.26. The average Bonchev–Trinajstić information content (AvgIpc) is 3.08. The van der Waals surface area contributed by atoms with E-state index in [1.54, 1.807) is 0 Å². The maximum absolute atomic E-state index is 5.78. The highest BCUT2D eigenvalue weighted by molar-refractivity contribution is 6.44. The normalized spacial score (nSPS) is 21.4. The molecule has 0 amide bonds. The van der Waals surface area contributed by atoms with Crippen molar-refractivity contribution in [2.24, 2.45) is 0 Å². The van der Waals surface area contributed by atoms with Crippen LogP contribution in [0.15, 0.2) is 0 Å². The van der Waals surface area contributed by atoms with Gasteiger partial charge in [0.2, 0.25) is 0 Å². The van der Waals surface area contributed by atoms with Gasteiger partial charge < -0.3 is 18.3 Å². The Morgan fingerprint density at radius 3 is 2.31 bits per heavy atom. The van der Waals surface area contributed by atoms with Crippen LogP contribution in [0.5, 0.6) is 0 Å². The first-order valence-corrected chi connectivity index (χ1v) is 7.67. The van der Waals surface area contributed by atoms with E-state index in [1.165, 1.54) is 0 Å². The number of hydrogen-bond donors (Lipinski definition) is 0. The molecular formula is C11H23O4Si. The summed E-state index contributed by atoms with van der Waals surface area (Å²) in [6, 6.07) is 0.898. The van der Waals surface area contributed by atoms with E-state index in [2.05, 4.69) is 6.92 Å². The zero-order chi connectivity index (χ0) is 11.8. The van der Waals surface area contributed by atoms with Crippen LogP contribution < -0.4 is 0 Å². The van der Waals surface area contributed by atoms with Gasteiger partial charge in [-0.25, -0.2) is 0 Å². The molecule has 0 aliphatic carbocycles. The third kappa shape index (κ3) is 5.96. The molecule has 0 aromatic carbocycles. The topological polar surface area (TPSA) is 40.2 Å². The van der Waals surface area contributed by atoms with Gasteiger partial charge in [-0.1, -0.05) is 6.92 Å². The van der Waals surface area contributed by atoms with Gasteiger partial charge in [-0.05, 0) is 20.3 Å². The second-order valence-electron chi connectivity index (χ2n) is 3.76. The van der Waals surface area contributed by atoms with Crippen molar-refractivity contribution in [2.45, 2.75) is 45.4 Å². The SMILES string of the molecule is CCO[Si](CC(CC)OCC1CO1)OCC. The average molecular weight is 247 g/mol. The molecule has 95 valence electrons. The van der Waals surface area contributed by atoms with Crippen molar-refractivity contribution in [1.29, 1.82) is 0 Å². The molecule has 2 unspecified atom stereocenters. The van der Waals surface area contributed by atoms with E-state index in [0.717, 1.165) is 32.3 Å². The largest absolute Gasteiger partial charge is 0.394 e. The van der Waals surface area contributed by atoms with Crippen LogP contribution in [0.25, 0.3) is 0 Å². The minimum atomic E-state index is -1.15. The highest BCUT2D eigenvalue weighted by Crippen LogP contribution is 2.15. The van der Waals surface area contributed by atoms with Crippen molar-refractivity contribution in [1.82, 2.24) is 0 Å². The summed E-state index contributed by atoms with van der Waals surface area (Å²) in [5, 5.41) is 0. The Morgan fingerprint density at radius 2 is 1.88 bits per heavy atom. The summed E-state index contributed by atoms with van der Waals surface area (Å²) < 4.78 is 22.1. The van der Waals surface area contributed by atoms with E-state index in [0.29, 0.717) is 12.7 Å². The van der Waals surface area contributed by atoms with Gasteiger partial charge in [0, 0.05) is 19.3 Å². The fraction of sp³-hybridized carbons (Fsp3) is 1.00. The molecule has 0 N–H and O–H groups in total. The Hall–Kier alpha value is 0.0569. The molecule has 5 heteroatoms. The van der Waals surface area contributed by atoms with Crippen molar-refractivity contribution in [3.8, 4) is 0 Å². The third-order valence-electron chi connectivity index (χ3n) is 2.38. The predicted octanol–water partition coefficient (Wildman–Crippen LogP) is 1.74. The fourth-order valence-electron chi connectivity index (χ4n) is 1.40. The zero-order valence-electron chi connectivity index (χ0n) is 10.5. The van der Waals surface area contributed by atoms with Gasteiger partial charge in [-0.2, -0.15) is 0 Å². The minimum absolute atomic E-state index is 0.246. The van der Waals surface area contributed by atoms with E-state index in [4.69, 9.17) is 18.3 Å². The van der Waals surface area contributed by atoms with Crippen molar-refractivity contribution >= 4 is 9.28 Å². The fourth-order valence-corrected chi connectivity index (χ4v) is 3.14. The van der Waals surface area contributed by atoms with Gasteiger partial charge in [-0.3, -0.25) is 0 Å². The van der Waals surface area contributed by atoms with E-state index in [-0.39, 0.29) is 6.10 Å². The lowest BCUT2D eigenvalue weighted by Crippen LogP contribution is -2.30. The Morgan fingerprint density at radius 1 is 1.25 bits per heavy atom. The molecule has 0 aromatic rings. The first kappa shape index (κ1) is 14.1. The quantitative estimate of drug-likeness (QED) is 0.435. The molecule has 1 rings (SSSR count). The Labute approximate surface area is 100 Å². The first-order valence-electron chi connectivity index (χ1n) is 6.14. The Bertz CT molecular complexity index is 169. The smallest absolute Gasteiger partial charge is 0.387 e. The lowest BCUT2D eigenvalue weighted by atomic mass is 10.3. The van der Waals surface area contributed by atoms with Crippen molar-refractivity contribution in [2.75, 3.05) is 26.4 Å². The lowest BCUT2D eigenvalue weighted by molar-refractivity contribution is 0.0452. The summed E-state index contributed by atoms with van der Waals surface area (Å²) in [6.45, 7) is 9.15. The molecule has 0 bridgehead atoms. The highest BCUT2D eigenvalue weighted by atomic mass is 28.3. The van der Waals surface area contributed by atoms with Crippen LogP contribution in [-0.4, -0.2) is 47.9 Å². The standard InChI is InChI=1S/C11H23O4Si/c1-4-10(12-7-11-8-13-11)9-16(14-5-2)15-6-3/h10-11H,4-9H2,1-3H3. The molecule has 16 heavy (non-hydrogen) atoms. The van der Waals surface area contributed by atoms with E-state index >= 15 is 0 Å². The van der Waals surface area contributed by atoms with E-state index in [9.17, 15) is 0 Å². The summed E-state index contributed by atoms with van der Waals surface area (Å²) in [7, 11) is -1.15. The summed E-state index contributed by atoms with van der Waals surface area (Å²) in [5.41, 5.74) is 0. The van der Waals surface area contributed by atoms with Gasteiger partial charge >= 0.3 is 9.28 Å². The molecule has 1 aliphatic heterocycles. The molecule has 1 aliphatic rings. The van der Waals surface area contributed by atoms with E-state index < -0.39 is 9.28 Å². The second kappa shape index (κ2) is 8.19. The lowest BCUT2D eigenvalue weighted by Gasteiger charge is -2.20. The molecule has 1 radical (unpaired) electrons. The monoisotopic (exact) mass is 247 g/mol. The van der Waals surface area contributed by atoms with Crippen molar-refractivity contribution < 1.29 is 18.3 Å². The molecule has 0 saturated carbocycles. The van der Waals surface area contributed by atoms with E-state index in [1.807, 2.05) is 13.8 Å². The van der Waals surface area contributed by atoms with Crippen LogP contribution in [0.2, 0.25) is 6.04 Å². The van der Waals surface area contributed by atoms with Crippen LogP contribution in [0.1, 0.15) is 27.2 Å². The molecule has 0 aromatic heterocycles. The predicted molar refractivity (Wildman–Crippen MR) is 63.6 cm³/mol. The Balaban J connectivity index is 2.20. The summed E-state index contributed by atoms with van der Waals surface area (Å²) in [4.78, 5) is 0. The molecule has 1 heterocycles. The molecule has 2 atom stereocenters. The number of epoxide rings is 1. The Kier molecular flexibility index (Phi) is 7.23.